The molecule has 2 aliphatic rings. The molecule has 1 fully saturated rings. The van der Waals surface area contributed by atoms with E-state index in [9.17, 15) is 4.79 Å². The van der Waals surface area contributed by atoms with Crippen LogP contribution < -0.4 is 9.47 Å². The molecule has 0 bridgehead atoms. The number of carbonyl (C=O) groups excluding carboxylic acids is 1. The summed E-state index contributed by atoms with van der Waals surface area (Å²) in [5, 5.41) is 7.34. The molecule has 0 unspecified atom stereocenters. The van der Waals surface area contributed by atoms with Crippen molar-refractivity contribution in [2.24, 2.45) is 0 Å². The minimum atomic E-state index is 0.00399. The van der Waals surface area contributed by atoms with Gasteiger partial charge in [0, 0.05) is 24.7 Å². The Morgan fingerprint density at radius 3 is 3.13 bits per heavy atom. The first-order chi connectivity index (χ1) is 11.2. The Morgan fingerprint density at radius 1 is 1.39 bits per heavy atom. The first-order valence-electron chi connectivity index (χ1n) is 7.92. The summed E-state index contributed by atoms with van der Waals surface area (Å²) in [7, 11) is 0. The van der Waals surface area contributed by atoms with E-state index in [1.165, 1.54) is 0 Å². The molecule has 3 heterocycles. The molecule has 6 heteroatoms. The molecular formula is C17H19N3O3. The van der Waals surface area contributed by atoms with Crippen molar-refractivity contribution < 1.29 is 14.3 Å². The number of nitrogens with one attached hydrogen (secondary N) is 1. The van der Waals surface area contributed by atoms with Crippen molar-refractivity contribution in [1.82, 2.24) is 15.1 Å². The van der Waals surface area contributed by atoms with Crippen LogP contribution >= 0.6 is 0 Å². The Kier molecular flexibility index (Phi) is 3.44. The standard InChI is InChI=1S/C17H19N3O3/c1-11-8-14(19-18-11)12-4-3-7-20(9-12)17(21)13-5-2-6-15-16(13)23-10-22-15/h2,5-6,8,12H,3-4,7,9-10H2,1H3,(H,18,19)/t12-/m1/s1. The number of H-pyrrole nitrogens is 1. The van der Waals surface area contributed by atoms with E-state index in [0.29, 0.717) is 23.6 Å². The number of hydrogen-bond acceptors (Lipinski definition) is 4. The Morgan fingerprint density at radius 2 is 2.30 bits per heavy atom. The average molecular weight is 313 g/mol. The SMILES string of the molecule is Cc1cc([C@@H]2CCCN(C(=O)c3cccc4c3OCO4)C2)n[nH]1. The highest BCUT2D eigenvalue weighted by Gasteiger charge is 2.30. The maximum atomic E-state index is 12.9. The van der Waals surface area contributed by atoms with E-state index in [2.05, 4.69) is 16.3 Å². The number of amides is 1. The normalized spacial score (nSPS) is 19.9. The van der Waals surface area contributed by atoms with Crippen LogP contribution in [0.2, 0.25) is 0 Å². The Bertz CT molecular complexity index is 740. The topological polar surface area (TPSA) is 67.5 Å². The number of aromatic amines is 1. The number of ether oxygens (including phenoxy) is 2. The van der Waals surface area contributed by atoms with E-state index >= 15 is 0 Å². The molecule has 2 aromatic rings. The van der Waals surface area contributed by atoms with E-state index in [0.717, 1.165) is 30.8 Å². The number of hydrogen-bond donors (Lipinski definition) is 1. The summed E-state index contributed by atoms with van der Waals surface area (Å²) in [6, 6.07) is 7.53. The van der Waals surface area contributed by atoms with Gasteiger partial charge < -0.3 is 14.4 Å². The monoisotopic (exact) mass is 313 g/mol. The van der Waals surface area contributed by atoms with Crippen molar-refractivity contribution in [3.8, 4) is 11.5 Å². The van der Waals surface area contributed by atoms with Gasteiger partial charge in [-0.15, -0.1) is 0 Å². The van der Waals surface area contributed by atoms with E-state index in [4.69, 9.17) is 9.47 Å². The minimum Gasteiger partial charge on any atom is -0.454 e. The number of nitrogens with zero attached hydrogens (tertiary/aromatic N) is 2. The van der Waals surface area contributed by atoms with Gasteiger partial charge in [-0.1, -0.05) is 6.07 Å². The van der Waals surface area contributed by atoms with Crippen molar-refractivity contribution in [3.63, 3.8) is 0 Å². The van der Waals surface area contributed by atoms with E-state index in [1.54, 1.807) is 6.07 Å². The zero-order valence-corrected chi connectivity index (χ0v) is 13.0. The van der Waals surface area contributed by atoms with Gasteiger partial charge >= 0.3 is 0 Å². The number of piperidine rings is 1. The summed E-state index contributed by atoms with van der Waals surface area (Å²) in [6.45, 7) is 3.62. The average Bonchev–Trinajstić information content (AvgIpc) is 3.22. The lowest BCUT2D eigenvalue weighted by atomic mass is 9.94. The molecule has 6 nitrogen and oxygen atoms in total. The molecule has 1 aromatic heterocycles. The maximum absolute atomic E-state index is 12.9. The van der Waals surface area contributed by atoms with Gasteiger partial charge in [0.05, 0.1) is 11.3 Å². The smallest absolute Gasteiger partial charge is 0.257 e. The van der Waals surface area contributed by atoms with Gasteiger partial charge in [0.25, 0.3) is 5.91 Å². The number of fused-ring (bicyclic) bond motifs is 1. The van der Waals surface area contributed by atoms with Crippen LogP contribution in [0.4, 0.5) is 0 Å². The molecule has 4 rings (SSSR count). The summed E-state index contributed by atoms with van der Waals surface area (Å²) in [5.41, 5.74) is 2.67. The number of rotatable bonds is 2. The lowest BCUT2D eigenvalue weighted by Crippen LogP contribution is -2.39. The molecule has 0 radical (unpaired) electrons. The molecule has 120 valence electrons. The molecule has 0 saturated carbocycles. The second kappa shape index (κ2) is 5.61. The lowest BCUT2D eigenvalue weighted by molar-refractivity contribution is 0.0701. The highest BCUT2D eigenvalue weighted by Crippen LogP contribution is 2.37. The molecule has 1 N–H and O–H groups in total. The van der Waals surface area contributed by atoms with E-state index in [-0.39, 0.29) is 18.6 Å². The molecule has 2 aliphatic heterocycles. The van der Waals surface area contributed by atoms with Crippen molar-refractivity contribution in [2.75, 3.05) is 19.9 Å². The zero-order chi connectivity index (χ0) is 15.8. The molecular weight excluding hydrogens is 294 g/mol. The van der Waals surface area contributed by atoms with Gasteiger partial charge in [-0.05, 0) is 38.0 Å². The molecule has 23 heavy (non-hydrogen) atoms. The Balaban J connectivity index is 1.56. The minimum absolute atomic E-state index is 0.00399. The van der Waals surface area contributed by atoms with Crippen molar-refractivity contribution in [2.45, 2.75) is 25.7 Å². The molecule has 1 aromatic carbocycles. The quantitative estimate of drug-likeness (QED) is 0.925. The van der Waals surface area contributed by atoms with E-state index in [1.807, 2.05) is 24.0 Å². The molecule has 0 aliphatic carbocycles. The summed E-state index contributed by atoms with van der Waals surface area (Å²) in [6.07, 6.45) is 2.04. The summed E-state index contributed by atoms with van der Waals surface area (Å²) >= 11 is 0. The number of aromatic nitrogens is 2. The Hall–Kier alpha value is -2.50. The van der Waals surface area contributed by atoms with Crippen molar-refractivity contribution in [3.05, 3.63) is 41.2 Å². The van der Waals surface area contributed by atoms with Crippen LogP contribution in [0.25, 0.3) is 0 Å². The fraction of sp³-hybridized carbons (Fsp3) is 0.412. The van der Waals surface area contributed by atoms with Gasteiger partial charge in [-0.3, -0.25) is 9.89 Å². The third kappa shape index (κ3) is 2.54. The highest BCUT2D eigenvalue weighted by molar-refractivity contribution is 5.98. The number of aryl methyl sites for hydroxylation is 1. The predicted octanol–water partition coefficient (Wildman–Crippen LogP) is 2.47. The van der Waals surface area contributed by atoms with E-state index < -0.39 is 0 Å². The third-order valence-electron chi connectivity index (χ3n) is 4.48. The summed E-state index contributed by atoms with van der Waals surface area (Å²) in [5.74, 6) is 1.50. The van der Waals surface area contributed by atoms with Gasteiger partial charge in [0.1, 0.15) is 0 Å². The number of benzene rings is 1. The fourth-order valence-electron chi connectivity index (χ4n) is 3.32. The van der Waals surface area contributed by atoms with Crippen LogP contribution in [0.3, 0.4) is 0 Å². The predicted molar refractivity (Wildman–Crippen MR) is 83.8 cm³/mol. The summed E-state index contributed by atoms with van der Waals surface area (Å²) < 4.78 is 10.8. The van der Waals surface area contributed by atoms with Gasteiger partial charge in [-0.25, -0.2) is 0 Å². The van der Waals surface area contributed by atoms with Crippen molar-refractivity contribution in [1.29, 1.82) is 0 Å². The van der Waals surface area contributed by atoms with Crippen LogP contribution in [0, 0.1) is 6.92 Å². The van der Waals surface area contributed by atoms with Crippen LogP contribution in [-0.4, -0.2) is 40.9 Å². The van der Waals surface area contributed by atoms with Crippen molar-refractivity contribution >= 4 is 5.91 Å². The zero-order valence-electron chi connectivity index (χ0n) is 13.0. The maximum Gasteiger partial charge on any atom is 0.257 e. The number of likely N-dealkylation sites (tertiary alicyclic amines) is 1. The fourth-order valence-corrected chi connectivity index (χ4v) is 3.32. The molecule has 1 atom stereocenters. The molecule has 1 amide bonds. The van der Waals surface area contributed by atoms with Gasteiger partial charge in [-0.2, -0.15) is 5.10 Å². The molecule has 1 saturated heterocycles. The van der Waals surface area contributed by atoms with Crippen LogP contribution in [0.15, 0.2) is 24.3 Å². The van der Waals surface area contributed by atoms with Crippen LogP contribution in [0.1, 0.15) is 40.5 Å². The number of carbonyl (C=O) groups is 1. The molecule has 0 spiro atoms. The second-order valence-corrected chi connectivity index (χ2v) is 6.11. The number of para-hydroxylation sites is 1. The third-order valence-corrected chi connectivity index (χ3v) is 4.48. The second-order valence-electron chi connectivity index (χ2n) is 6.11. The summed E-state index contributed by atoms with van der Waals surface area (Å²) in [4.78, 5) is 14.8. The van der Waals surface area contributed by atoms with Gasteiger partial charge in [0.15, 0.2) is 11.5 Å². The first-order valence-corrected chi connectivity index (χ1v) is 7.92. The van der Waals surface area contributed by atoms with Gasteiger partial charge in [0.2, 0.25) is 6.79 Å². The largest absolute Gasteiger partial charge is 0.454 e. The van der Waals surface area contributed by atoms with Crippen LogP contribution in [0.5, 0.6) is 11.5 Å². The first kappa shape index (κ1) is 14.1. The lowest BCUT2D eigenvalue weighted by Gasteiger charge is -2.32. The highest BCUT2D eigenvalue weighted by atomic mass is 16.7. The Labute approximate surface area is 134 Å². The van der Waals surface area contributed by atoms with Crippen LogP contribution in [-0.2, 0) is 0 Å².